The van der Waals surface area contributed by atoms with Crippen molar-refractivity contribution < 1.29 is 24.2 Å². The summed E-state index contributed by atoms with van der Waals surface area (Å²) in [6, 6.07) is 7.71. The highest BCUT2D eigenvalue weighted by molar-refractivity contribution is 8.00. The lowest BCUT2D eigenvalue weighted by Crippen LogP contribution is -2.71. The molecular weight excluding hydrogens is 524 g/mol. The van der Waals surface area contributed by atoms with Crippen LogP contribution in [-0.2, 0) is 25.5 Å². The van der Waals surface area contributed by atoms with E-state index in [1.54, 1.807) is 0 Å². The smallest absolute Gasteiger partial charge is 0.316 e. The molecular formula is C32H46N2O5S. The van der Waals surface area contributed by atoms with Crippen molar-refractivity contribution in [3.8, 4) is 0 Å². The third-order valence-electron chi connectivity index (χ3n) is 11.4. The molecule has 220 valence electrons. The lowest BCUT2D eigenvalue weighted by Gasteiger charge is -2.71. The molecule has 0 saturated heterocycles. The summed E-state index contributed by atoms with van der Waals surface area (Å²) in [6.07, 6.45) is 4.09. The van der Waals surface area contributed by atoms with Crippen LogP contribution < -0.4 is 11.1 Å². The van der Waals surface area contributed by atoms with Gasteiger partial charge in [0.25, 0.3) is 0 Å². The maximum absolute atomic E-state index is 13.3. The summed E-state index contributed by atoms with van der Waals surface area (Å²) >= 11 is 1.43. The molecule has 6 unspecified atom stereocenters. The number of benzene rings is 1. The van der Waals surface area contributed by atoms with Crippen molar-refractivity contribution in [2.45, 2.75) is 89.7 Å². The minimum Gasteiger partial charge on any atom is -0.461 e. The first-order valence-corrected chi connectivity index (χ1v) is 16.1. The molecule has 4 aliphatic rings. The van der Waals surface area contributed by atoms with Crippen molar-refractivity contribution in [1.29, 1.82) is 0 Å². The van der Waals surface area contributed by atoms with E-state index in [-0.39, 0.29) is 63.6 Å². The molecule has 4 aliphatic carbocycles. The second kappa shape index (κ2) is 11.1. The van der Waals surface area contributed by atoms with Crippen LogP contribution in [0.4, 0.5) is 0 Å². The number of rotatable bonds is 9. The van der Waals surface area contributed by atoms with E-state index >= 15 is 0 Å². The molecule has 9 atom stereocenters. The maximum Gasteiger partial charge on any atom is 0.316 e. The zero-order valence-corrected chi connectivity index (χ0v) is 25.2. The second-order valence-electron chi connectivity index (χ2n) is 13.5. The topological polar surface area (TPSA) is 119 Å². The number of hydrogen-bond donors (Lipinski definition) is 3. The van der Waals surface area contributed by atoms with Crippen LogP contribution in [0.1, 0.15) is 71.8 Å². The average Bonchev–Trinajstić information content (AvgIpc) is 3.11. The van der Waals surface area contributed by atoms with Gasteiger partial charge in [0.05, 0.1) is 18.3 Å². The van der Waals surface area contributed by atoms with Crippen LogP contribution in [0.15, 0.2) is 29.2 Å². The van der Waals surface area contributed by atoms with Gasteiger partial charge in [-0.05, 0) is 85.4 Å². The third kappa shape index (κ3) is 4.72. The molecule has 2 bridgehead atoms. The first kappa shape index (κ1) is 29.6. The summed E-state index contributed by atoms with van der Waals surface area (Å²) in [5.74, 6) is 0.857. The highest BCUT2D eigenvalue weighted by atomic mass is 32.2. The van der Waals surface area contributed by atoms with Crippen LogP contribution in [0.3, 0.4) is 0 Å². The molecule has 4 fully saturated rings. The van der Waals surface area contributed by atoms with Crippen LogP contribution in [0, 0.1) is 39.9 Å². The Morgan fingerprint density at radius 1 is 1.20 bits per heavy atom. The van der Waals surface area contributed by atoms with Gasteiger partial charge in [-0.25, -0.2) is 0 Å². The Kier molecular flexibility index (Phi) is 8.19. The number of ketones is 1. The number of thioether (sulfide) groups is 1. The Bertz CT molecular complexity index is 1140. The molecule has 0 aliphatic heterocycles. The Morgan fingerprint density at radius 3 is 2.62 bits per heavy atom. The molecule has 4 saturated carbocycles. The number of hydrogen-bond acceptors (Lipinski definition) is 7. The molecule has 5 rings (SSSR count). The zero-order valence-electron chi connectivity index (χ0n) is 24.4. The van der Waals surface area contributed by atoms with Gasteiger partial charge in [-0.2, -0.15) is 0 Å². The molecule has 4 N–H and O–H groups in total. The average molecular weight is 571 g/mol. The Balaban J connectivity index is 1.26. The molecule has 7 nitrogen and oxygen atoms in total. The van der Waals surface area contributed by atoms with E-state index in [2.05, 4.69) is 33.0 Å². The van der Waals surface area contributed by atoms with Crippen molar-refractivity contribution in [2.24, 2.45) is 45.7 Å². The standard InChI is InChI=1S/C32H46N2O5S/c1-19-14-25(39-27(37)17-40-23-8-6-22(7-9-23)15-26(36)34-13-5-12-33)30(4)20(2)16-32-18-31(29(30)32,11-10-24(32)35)21(3)28(19)38/h6-9,19-21,25,28-29,38H,5,10-18,33H2,1-4H3,(H,34,36)/t19?,20?,21-,25+,28?,29?,30-,31?,32?/m0/s1. The van der Waals surface area contributed by atoms with E-state index in [1.165, 1.54) is 11.8 Å². The van der Waals surface area contributed by atoms with E-state index in [1.807, 2.05) is 24.3 Å². The fourth-order valence-corrected chi connectivity index (χ4v) is 10.1. The highest BCUT2D eigenvalue weighted by Crippen LogP contribution is 2.82. The van der Waals surface area contributed by atoms with Gasteiger partial charge in [0, 0.05) is 28.7 Å². The Morgan fingerprint density at radius 2 is 1.93 bits per heavy atom. The number of nitrogens with one attached hydrogen (secondary N) is 1. The summed E-state index contributed by atoms with van der Waals surface area (Å²) in [7, 11) is 0. The zero-order chi connectivity index (χ0) is 28.9. The van der Waals surface area contributed by atoms with Gasteiger partial charge in [0.15, 0.2) is 0 Å². The predicted octanol–water partition coefficient (Wildman–Crippen LogP) is 4.14. The normalized spacial score (nSPS) is 39.9. The van der Waals surface area contributed by atoms with E-state index in [0.717, 1.165) is 36.1 Å². The van der Waals surface area contributed by atoms with Crippen molar-refractivity contribution >= 4 is 29.4 Å². The molecule has 1 amide bonds. The predicted molar refractivity (Wildman–Crippen MR) is 155 cm³/mol. The summed E-state index contributed by atoms with van der Waals surface area (Å²) in [5, 5.41) is 14.2. The fourth-order valence-electron chi connectivity index (χ4n) is 9.38. The molecule has 40 heavy (non-hydrogen) atoms. The van der Waals surface area contributed by atoms with Gasteiger partial charge >= 0.3 is 5.97 Å². The summed E-state index contributed by atoms with van der Waals surface area (Å²) in [6.45, 7) is 9.91. The summed E-state index contributed by atoms with van der Waals surface area (Å²) in [5.41, 5.74) is 5.75. The maximum atomic E-state index is 13.3. The lowest BCUT2D eigenvalue weighted by molar-refractivity contribution is -0.252. The highest BCUT2D eigenvalue weighted by Gasteiger charge is 2.81. The Hall–Kier alpha value is -1.90. The van der Waals surface area contributed by atoms with Crippen molar-refractivity contribution in [1.82, 2.24) is 5.32 Å². The first-order valence-electron chi connectivity index (χ1n) is 15.1. The van der Waals surface area contributed by atoms with Crippen molar-refractivity contribution in [3.05, 3.63) is 29.8 Å². The second-order valence-corrected chi connectivity index (χ2v) is 14.5. The molecule has 1 aromatic carbocycles. The number of amides is 1. The van der Waals surface area contributed by atoms with Gasteiger partial charge in [-0.1, -0.05) is 39.8 Å². The van der Waals surface area contributed by atoms with Crippen LogP contribution in [0.2, 0.25) is 0 Å². The molecule has 1 aromatic rings. The van der Waals surface area contributed by atoms with Gasteiger partial charge in [-0.15, -0.1) is 11.8 Å². The van der Waals surface area contributed by atoms with E-state index < -0.39 is 6.10 Å². The number of carbonyl (C=O) groups excluding carboxylic acids is 3. The number of nitrogens with two attached hydrogens (primary N) is 1. The monoisotopic (exact) mass is 570 g/mol. The molecule has 0 heterocycles. The van der Waals surface area contributed by atoms with Crippen LogP contribution in [0.5, 0.6) is 0 Å². The number of aliphatic hydroxyl groups is 1. The molecule has 0 aromatic heterocycles. The minimum atomic E-state index is -0.469. The summed E-state index contributed by atoms with van der Waals surface area (Å²) < 4.78 is 6.33. The van der Waals surface area contributed by atoms with E-state index in [9.17, 15) is 19.5 Å². The summed E-state index contributed by atoms with van der Waals surface area (Å²) in [4.78, 5) is 39.6. The number of Topliss-reactive ketones (excluding diaryl/α,β-unsaturated/α-hetero) is 1. The first-order chi connectivity index (χ1) is 19.0. The van der Waals surface area contributed by atoms with Gasteiger partial charge < -0.3 is 20.9 Å². The number of esters is 1. The fraction of sp³-hybridized carbons (Fsp3) is 0.719. The largest absolute Gasteiger partial charge is 0.461 e. The van der Waals surface area contributed by atoms with Crippen LogP contribution in [0.25, 0.3) is 0 Å². The van der Waals surface area contributed by atoms with Gasteiger partial charge in [-0.3, -0.25) is 14.4 Å². The van der Waals surface area contributed by atoms with Crippen LogP contribution in [-0.4, -0.2) is 53.8 Å². The number of ether oxygens (including phenoxy) is 1. The molecule has 8 heteroatoms. The van der Waals surface area contributed by atoms with Crippen LogP contribution >= 0.6 is 11.8 Å². The minimum absolute atomic E-state index is 0.00748. The lowest BCUT2D eigenvalue weighted by atomic mass is 9.32. The van der Waals surface area contributed by atoms with Gasteiger partial charge in [0.2, 0.25) is 5.91 Å². The third-order valence-corrected chi connectivity index (χ3v) is 12.4. The van der Waals surface area contributed by atoms with Crippen molar-refractivity contribution in [2.75, 3.05) is 18.8 Å². The molecule has 2 spiro atoms. The molecule has 0 radical (unpaired) electrons. The number of carbonyl (C=O) groups is 3. The van der Waals surface area contributed by atoms with E-state index in [0.29, 0.717) is 38.1 Å². The SMILES string of the molecule is CC1C[C@@H](OC(=O)CSc2ccc(CC(=O)NCCCN)cc2)[C@]2(C)C(C)CC34CC(CCC3=O)(C42)[C@@H](C)C1O. The van der Waals surface area contributed by atoms with Crippen molar-refractivity contribution in [3.63, 3.8) is 0 Å². The quantitative estimate of drug-likeness (QED) is 0.232. The Labute approximate surface area is 242 Å². The number of aliphatic hydroxyl groups excluding tert-OH is 1. The van der Waals surface area contributed by atoms with Gasteiger partial charge in [0.1, 0.15) is 11.9 Å². The van der Waals surface area contributed by atoms with E-state index in [4.69, 9.17) is 10.5 Å².